The molecule has 0 aliphatic carbocycles. The SMILES string of the molecule is Cc1ccccc1C.Cc1ccoc1C. The Balaban J connectivity index is 0.000000151. The van der Waals surface area contributed by atoms with Crippen LogP contribution in [0.25, 0.3) is 0 Å². The van der Waals surface area contributed by atoms with Gasteiger partial charge in [-0.05, 0) is 50.5 Å². The van der Waals surface area contributed by atoms with E-state index in [1.807, 2.05) is 19.9 Å². The van der Waals surface area contributed by atoms with Gasteiger partial charge in [-0.2, -0.15) is 0 Å². The molecule has 1 heterocycles. The summed E-state index contributed by atoms with van der Waals surface area (Å²) >= 11 is 0. The number of hydrogen-bond donors (Lipinski definition) is 0. The highest BCUT2D eigenvalue weighted by Crippen LogP contribution is 2.04. The van der Waals surface area contributed by atoms with Crippen LogP contribution in [0.2, 0.25) is 0 Å². The van der Waals surface area contributed by atoms with E-state index in [2.05, 4.69) is 38.1 Å². The lowest BCUT2D eigenvalue weighted by atomic mass is 10.1. The highest BCUT2D eigenvalue weighted by atomic mass is 16.3. The first-order valence-electron chi connectivity index (χ1n) is 5.14. The summed E-state index contributed by atoms with van der Waals surface area (Å²) < 4.78 is 4.96. The van der Waals surface area contributed by atoms with E-state index in [1.165, 1.54) is 16.7 Å². The van der Waals surface area contributed by atoms with Crippen LogP contribution in [0.1, 0.15) is 22.5 Å². The predicted molar refractivity (Wildman–Crippen MR) is 64.1 cm³/mol. The van der Waals surface area contributed by atoms with Crippen LogP contribution < -0.4 is 0 Å². The van der Waals surface area contributed by atoms with E-state index in [4.69, 9.17) is 4.42 Å². The van der Waals surface area contributed by atoms with Gasteiger partial charge in [-0.15, -0.1) is 0 Å². The van der Waals surface area contributed by atoms with Gasteiger partial charge in [0.05, 0.1) is 6.26 Å². The number of aryl methyl sites for hydroxylation is 4. The number of benzene rings is 1. The third-order valence-corrected chi connectivity index (χ3v) is 2.54. The molecule has 2 aromatic rings. The van der Waals surface area contributed by atoms with Gasteiger partial charge < -0.3 is 4.42 Å². The minimum atomic E-state index is 1.01. The summed E-state index contributed by atoms with van der Waals surface area (Å²) in [6, 6.07) is 10.3. The second-order valence-corrected chi connectivity index (χ2v) is 3.74. The van der Waals surface area contributed by atoms with Gasteiger partial charge in [0.25, 0.3) is 0 Å². The molecule has 0 aliphatic rings. The fourth-order valence-electron chi connectivity index (χ4n) is 1.11. The lowest BCUT2D eigenvalue weighted by molar-refractivity contribution is 0.532. The first kappa shape index (κ1) is 11.6. The van der Waals surface area contributed by atoms with Gasteiger partial charge in [-0.1, -0.05) is 24.3 Å². The quantitative estimate of drug-likeness (QED) is 0.624. The molecule has 0 amide bonds. The summed E-state index contributed by atoms with van der Waals surface area (Å²) in [5.41, 5.74) is 3.96. The molecule has 0 radical (unpaired) electrons. The molecule has 0 saturated carbocycles. The standard InChI is InChI=1S/C8H10.C6H8O/c1-7-5-3-4-6-8(7)2;1-5-3-4-7-6(5)2/h3-6H,1-2H3;3-4H,1-2H3. The second-order valence-electron chi connectivity index (χ2n) is 3.74. The van der Waals surface area contributed by atoms with E-state index in [1.54, 1.807) is 6.26 Å². The summed E-state index contributed by atoms with van der Waals surface area (Å²) in [6.45, 7) is 8.22. The van der Waals surface area contributed by atoms with Gasteiger partial charge in [0.2, 0.25) is 0 Å². The average Bonchev–Trinajstić information content (AvgIpc) is 2.57. The fraction of sp³-hybridized carbons (Fsp3) is 0.286. The van der Waals surface area contributed by atoms with Crippen molar-refractivity contribution in [1.82, 2.24) is 0 Å². The highest BCUT2D eigenvalue weighted by molar-refractivity contribution is 5.23. The Hall–Kier alpha value is -1.50. The van der Waals surface area contributed by atoms with Crippen molar-refractivity contribution in [2.24, 2.45) is 0 Å². The molecule has 1 aromatic heterocycles. The molecule has 0 N–H and O–H groups in total. The van der Waals surface area contributed by atoms with Crippen LogP contribution >= 0.6 is 0 Å². The summed E-state index contributed by atoms with van der Waals surface area (Å²) in [4.78, 5) is 0. The van der Waals surface area contributed by atoms with E-state index in [0.29, 0.717) is 0 Å². The zero-order chi connectivity index (χ0) is 11.3. The van der Waals surface area contributed by atoms with E-state index in [0.717, 1.165) is 5.76 Å². The van der Waals surface area contributed by atoms with Crippen LogP contribution in [0.4, 0.5) is 0 Å². The molecule has 2 rings (SSSR count). The molecule has 0 saturated heterocycles. The van der Waals surface area contributed by atoms with Crippen molar-refractivity contribution in [1.29, 1.82) is 0 Å². The molecule has 1 heteroatoms. The Morgan fingerprint density at radius 3 is 1.47 bits per heavy atom. The van der Waals surface area contributed by atoms with Crippen molar-refractivity contribution in [3.8, 4) is 0 Å². The zero-order valence-corrected chi connectivity index (χ0v) is 9.87. The van der Waals surface area contributed by atoms with E-state index < -0.39 is 0 Å². The van der Waals surface area contributed by atoms with E-state index >= 15 is 0 Å². The Morgan fingerprint density at radius 2 is 1.27 bits per heavy atom. The maximum absolute atomic E-state index is 4.96. The van der Waals surface area contributed by atoms with Crippen molar-refractivity contribution in [3.05, 3.63) is 59.0 Å². The number of hydrogen-bond acceptors (Lipinski definition) is 1. The van der Waals surface area contributed by atoms with Crippen molar-refractivity contribution < 1.29 is 4.42 Å². The minimum absolute atomic E-state index is 1.01. The molecule has 0 unspecified atom stereocenters. The van der Waals surface area contributed by atoms with Crippen LogP contribution in [0, 0.1) is 27.7 Å². The monoisotopic (exact) mass is 202 g/mol. The van der Waals surface area contributed by atoms with Gasteiger partial charge >= 0.3 is 0 Å². The summed E-state index contributed by atoms with van der Waals surface area (Å²) in [5, 5.41) is 0. The molecular formula is C14H18O. The fourth-order valence-corrected chi connectivity index (χ4v) is 1.11. The molecule has 1 aromatic carbocycles. The molecule has 0 aliphatic heterocycles. The minimum Gasteiger partial charge on any atom is -0.469 e. The van der Waals surface area contributed by atoms with Crippen molar-refractivity contribution in [2.45, 2.75) is 27.7 Å². The first-order valence-corrected chi connectivity index (χ1v) is 5.14. The van der Waals surface area contributed by atoms with Gasteiger partial charge in [-0.25, -0.2) is 0 Å². The molecule has 15 heavy (non-hydrogen) atoms. The normalized spacial score (nSPS) is 9.33. The van der Waals surface area contributed by atoms with Gasteiger partial charge in [-0.3, -0.25) is 0 Å². The Labute approximate surface area is 91.7 Å². The summed E-state index contributed by atoms with van der Waals surface area (Å²) in [6.07, 6.45) is 1.70. The van der Waals surface area contributed by atoms with E-state index in [9.17, 15) is 0 Å². The largest absolute Gasteiger partial charge is 0.469 e. The Bertz CT molecular complexity index is 375. The molecule has 1 nitrogen and oxygen atoms in total. The highest BCUT2D eigenvalue weighted by Gasteiger charge is 1.88. The Morgan fingerprint density at radius 1 is 0.733 bits per heavy atom. The van der Waals surface area contributed by atoms with Gasteiger partial charge in [0, 0.05) is 0 Å². The lowest BCUT2D eigenvalue weighted by Gasteiger charge is -1.93. The average molecular weight is 202 g/mol. The molecule has 80 valence electrons. The topological polar surface area (TPSA) is 13.1 Å². The summed E-state index contributed by atoms with van der Waals surface area (Å²) in [7, 11) is 0. The van der Waals surface area contributed by atoms with Gasteiger partial charge in [0.1, 0.15) is 5.76 Å². The van der Waals surface area contributed by atoms with Crippen LogP contribution in [0.5, 0.6) is 0 Å². The maximum atomic E-state index is 4.96. The van der Waals surface area contributed by atoms with Crippen LogP contribution in [0.15, 0.2) is 41.0 Å². The van der Waals surface area contributed by atoms with Crippen LogP contribution in [-0.4, -0.2) is 0 Å². The van der Waals surface area contributed by atoms with Crippen LogP contribution in [0.3, 0.4) is 0 Å². The third kappa shape index (κ3) is 3.62. The molecule has 0 fully saturated rings. The van der Waals surface area contributed by atoms with Crippen LogP contribution in [-0.2, 0) is 0 Å². The molecule has 0 atom stereocenters. The van der Waals surface area contributed by atoms with E-state index in [-0.39, 0.29) is 0 Å². The van der Waals surface area contributed by atoms with Gasteiger partial charge in [0.15, 0.2) is 0 Å². The number of furan rings is 1. The molecular weight excluding hydrogens is 184 g/mol. The Kier molecular flexibility index (Phi) is 4.17. The molecule has 0 spiro atoms. The van der Waals surface area contributed by atoms with Crippen molar-refractivity contribution in [2.75, 3.05) is 0 Å². The summed E-state index contributed by atoms with van der Waals surface area (Å²) in [5.74, 6) is 1.01. The molecule has 0 bridgehead atoms. The smallest absolute Gasteiger partial charge is 0.103 e. The van der Waals surface area contributed by atoms with Crippen molar-refractivity contribution >= 4 is 0 Å². The number of rotatable bonds is 0. The predicted octanol–water partition coefficient (Wildman–Crippen LogP) is 4.20. The zero-order valence-electron chi connectivity index (χ0n) is 9.87. The third-order valence-electron chi connectivity index (χ3n) is 2.54. The first-order chi connectivity index (χ1) is 7.11. The maximum Gasteiger partial charge on any atom is 0.103 e. The second kappa shape index (κ2) is 5.40. The lowest BCUT2D eigenvalue weighted by Crippen LogP contribution is -1.74. The van der Waals surface area contributed by atoms with Crippen molar-refractivity contribution in [3.63, 3.8) is 0 Å².